The Kier molecular flexibility index (Phi) is 7.80. The molecule has 246 valence electrons. The first kappa shape index (κ1) is 32.8. The van der Waals surface area contributed by atoms with Crippen LogP contribution in [0.2, 0.25) is 0 Å². The number of phenolic OH excluding ortho intramolecular Hbond substituents is 1. The van der Waals surface area contributed by atoms with Crippen LogP contribution in [-0.2, 0) is 19.2 Å². The summed E-state index contributed by atoms with van der Waals surface area (Å²) in [4.78, 5) is 54.5. The maximum absolute atomic E-state index is 14.5. The van der Waals surface area contributed by atoms with Crippen molar-refractivity contribution in [1.82, 2.24) is 0 Å². The van der Waals surface area contributed by atoms with E-state index in [1.807, 2.05) is 0 Å². The van der Waals surface area contributed by atoms with E-state index in [1.165, 1.54) is 55.6 Å². The van der Waals surface area contributed by atoms with Crippen LogP contribution in [-0.4, -0.2) is 62.8 Å². The molecule has 0 radical (unpaired) electrons. The van der Waals surface area contributed by atoms with E-state index >= 15 is 0 Å². The standard InChI is InChI=1S/C33H25BBrCl2FN2O8/c1-48-24-12-15(11-23(35)27(24)41)26-20-9-10-21-25(29(43)39(28(21)42)19-4-2-3-16(13-19)34(46)47)22(20)14-32(36)30(44)40(31(45)33(26,32)37)18-7-5-17(38)6-8-18/h2-9,11-13,21-22,25-26,41,46-47H,10,14H2,1H3. The lowest BCUT2D eigenvalue weighted by atomic mass is 9.56. The molecule has 0 bridgehead atoms. The first-order valence-electron chi connectivity index (χ1n) is 14.9. The predicted octanol–water partition coefficient (Wildman–Crippen LogP) is 3.75. The molecule has 2 saturated heterocycles. The third-order valence-electron chi connectivity index (χ3n) is 9.93. The summed E-state index contributed by atoms with van der Waals surface area (Å²) >= 11 is 18.1. The molecule has 15 heteroatoms. The average molecular weight is 758 g/mol. The molecule has 10 nitrogen and oxygen atoms in total. The molecule has 48 heavy (non-hydrogen) atoms. The van der Waals surface area contributed by atoms with Crippen LogP contribution < -0.4 is 20.0 Å². The van der Waals surface area contributed by atoms with Crippen molar-refractivity contribution in [3.63, 3.8) is 0 Å². The molecule has 3 fully saturated rings. The number of ether oxygens (including phenoxy) is 1. The number of methoxy groups -OCH3 is 1. The summed E-state index contributed by atoms with van der Waals surface area (Å²) in [5.74, 6) is -7.47. The highest BCUT2D eigenvalue weighted by Crippen LogP contribution is 2.66. The number of fused-ring (bicyclic) bond motifs is 4. The summed E-state index contributed by atoms with van der Waals surface area (Å²) in [5, 5.41) is 30.1. The molecular weight excluding hydrogens is 733 g/mol. The molecule has 3 aromatic carbocycles. The van der Waals surface area contributed by atoms with Gasteiger partial charge in [0.15, 0.2) is 21.2 Å². The predicted molar refractivity (Wildman–Crippen MR) is 178 cm³/mol. The third-order valence-corrected chi connectivity index (χ3v) is 11.9. The van der Waals surface area contributed by atoms with Crippen molar-refractivity contribution in [2.24, 2.45) is 17.8 Å². The summed E-state index contributed by atoms with van der Waals surface area (Å²) < 4.78 is 19.5. The van der Waals surface area contributed by atoms with E-state index in [-0.39, 0.29) is 45.7 Å². The molecule has 6 unspecified atom stereocenters. The lowest BCUT2D eigenvalue weighted by molar-refractivity contribution is -0.125. The first-order valence-corrected chi connectivity index (χ1v) is 16.4. The second-order valence-electron chi connectivity index (χ2n) is 12.3. The third kappa shape index (κ3) is 4.44. The number of benzene rings is 3. The molecule has 0 aromatic heterocycles. The smallest absolute Gasteiger partial charge is 0.488 e. The zero-order chi connectivity index (χ0) is 34.4. The van der Waals surface area contributed by atoms with Crippen LogP contribution in [0, 0.1) is 23.6 Å². The minimum atomic E-state index is -2.17. The van der Waals surface area contributed by atoms with Crippen LogP contribution in [0.3, 0.4) is 0 Å². The van der Waals surface area contributed by atoms with Crippen molar-refractivity contribution in [3.05, 3.63) is 88.2 Å². The zero-order valence-electron chi connectivity index (χ0n) is 24.9. The quantitative estimate of drug-likeness (QED) is 0.155. The van der Waals surface area contributed by atoms with Crippen LogP contribution in [0.5, 0.6) is 11.5 Å². The number of nitrogens with zero attached hydrogens (tertiary/aromatic N) is 2. The van der Waals surface area contributed by atoms with Gasteiger partial charge in [-0.3, -0.25) is 24.1 Å². The Morgan fingerprint density at radius 1 is 0.938 bits per heavy atom. The summed E-state index contributed by atoms with van der Waals surface area (Å²) in [6.07, 6.45) is 1.56. The average Bonchev–Trinajstić information content (AvgIpc) is 3.40. The highest BCUT2D eigenvalue weighted by Gasteiger charge is 2.76. The van der Waals surface area contributed by atoms with Crippen molar-refractivity contribution >= 4 is 86.7 Å². The Labute approximate surface area is 292 Å². The van der Waals surface area contributed by atoms with E-state index in [2.05, 4.69) is 15.9 Å². The number of imide groups is 2. The number of carbonyl (C=O) groups excluding carboxylic acids is 4. The lowest BCUT2D eigenvalue weighted by Crippen LogP contribution is -2.60. The van der Waals surface area contributed by atoms with Crippen molar-refractivity contribution in [2.45, 2.75) is 28.5 Å². The normalized spacial score (nSPS) is 29.4. The Morgan fingerprint density at radius 2 is 1.65 bits per heavy atom. The topological polar surface area (TPSA) is 145 Å². The Morgan fingerprint density at radius 3 is 2.31 bits per heavy atom. The van der Waals surface area contributed by atoms with Crippen LogP contribution in [0.1, 0.15) is 24.3 Å². The number of phenols is 1. The van der Waals surface area contributed by atoms with E-state index < -0.39 is 70.0 Å². The molecule has 4 aliphatic rings. The van der Waals surface area contributed by atoms with Gasteiger partial charge in [0.05, 0.1) is 34.8 Å². The second-order valence-corrected chi connectivity index (χ2v) is 14.4. The molecule has 3 aromatic rings. The molecule has 2 aliphatic heterocycles. The van der Waals surface area contributed by atoms with Gasteiger partial charge >= 0.3 is 7.12 Å². The minimum absolute atomic E-state index is 0.0348. The van der Waals surface area contributed by atoms with Gasteiger partial charge in [0.1, 0.15) is 5.82 Å². The SMILES string of the molecule is COc1cc(C2C3=CCC4C(=O)N(c5cccc(B(O)O)c5)C(=O)C4C3CC3(Cl)C(=O)N(c4ccc(F)cc4)C(=O)C23Cl)cc(Br)c1O. The Bertz CT molecular complexity index is 1960. The molecule has 4 amide bonds. The van der Waals surface area contributed by atoms with Crippen LogP contribution >= 0.6 is 39.1 Å². The zero-order valence-corrected chi connectivity index (χ0v) is 28.0. The summed E-state index contributed by atoms with van der Waals surface area (Å²) in [5.41, 5.74) is 1.11. The number of alkyl halides is 2. The van der Waals surface area contributed by atoms with Crippen LogP contribution in [0.25, 0.3) is 0 Å². The largest absolute Gasteiger partial charge is 0.503 e. The number of halogens is 4. The maximum atomic E-state index is 14.5. The van der Waals surface area contributed by atoms with Crippen molar-refractivity contribution in [3.8, 4) is 11.5 Å². The van der Waals surface area contributed by atoms with Gasteiger partial charge in [-0.25, -0.2) is 9.29 Å². The fourth-order valence-electron chi connectivity index (χ4n) is 7.77. The highest BCUT2D eigenvalue weighted by atomic mass is 79.9. The fraction of sp³-hybridized carbons (Fsp3) is 0.273. The molecule has 0 spiro atoms. The van der Waals surface area contributed by atoms with Crippen molar-refractivity contribution in [2.75, 3.05) is 16.9 Å². The Balaban J connectivity index is 1.40. The van der Waals surface area contributed by atoms with Gasteiger partial charge in [-0.2, -0.15) is 0 Å². The number of hydrogen-bond acceptors (Lipinski definition) is 8. The van der Waals surface area contributed by atoms with E-state index in [0.717, 1.165) is 21.9 Å². The van der Waals surface area contributed by atoms with Gasteiger partial charge in [-0.1, -0.05) is 23.8 Å². The fourth-order valence-corrected chi connectivity index (χ4v) is 9.16. The first-order chi connectivity index (χ1) is 22.7. The van der Waals surface area contributed by atoms with E-state index in [9.17, 15) is 38.7 Å². The molecule has 7 rings (SSSR count). The summed E-state index contributed by atoms with van der Waals surface area (Å²) in [7, 11) is -0.498. The number of hydrogen-bond donors (Lipinski definition) is 3. The minimum Gasteiger partial charge on any atom is -0.503 e. The molecule has 2 heterocycles. The van der Waals surface area contributed by atoms with Crippen molar-refractivity contribution < 1.29 is 43.5 Å². The number of amides is 4. The number of aromatic hydroxyl groups is 1. The van der Waals surface area contributed by atoms with Gasteiger partial charge in [0.25, 0.3) is 11.8 Å². The Hall–Kier alpha value is -3.75. The van der Waals surface area contributed by atoms with E-state index in [4.69, 9.17) is 27.9 Å². The van der Waals surface area contributed by atoms with Gasteiger partial charge in [-0.15, -0.1) is 23.2 Å². The van der Waals surface area contributed by atoms with Crippen LogP contribution in [0.15, 0.2) is 76.8 Å². The van der Waals surface area contributed by atoms with E-state index in [0.29, 0.717) is 11.1 Å². The maximum Gasteiger partial charge on any atom is 0.488 e. The van der Waals surface area contributed by atoms with Crippen LogP contribution in [0.4, 0.5) is 15.8 Å². The second kappa shape index (κ2) is 11.4. The number of carbonyl (C=O) groups is 4. The molecule has 6 atom stereocenters. The summed E-state index contributed by atoms with van der Waals surface area (Å²) in [6.45, 7) is 0. The van der Waals surface area contributed by atoms with Gasteiger partial charge in [0, 0.05) is 5.92 Å². The molecule has 1 saturated carbocycles. The number of rotatable bonds is 5. The lowest BCUT2D eigenvalue weighted by Gasteiger charge is -2.50. The van der Waals surface area contributed by atoms with Crippen molar-refractivity contribution in [1.29, 1.82) is 0 Å². The van der Waals surface area contributed by atoms with E-state index in [1.54, 1.807) is 6.08 Å². The monoisotopic (exact) mass is 756 g/mol. The summed E-state index contributed by atoms with van der Waals surface area (Å²) in [6, 6.07) is 13.5. The number of anilines is 2. The molecule has 2 aliphatic carbocycles. The van der Waals surface area contributed by atoms with Gasteiger partial charge in [0.2, 0.25) is 11.8 Å². The molecule has 3 N–H and O–H groups in total. The number of allylic oxidation sites excluding steroid dienone is 2. The van der Waals surface area contributed by atoms with Gasteiger partial charge < -0.3 is 19.9 Å². The molecular formula is C33H25BBrCl2FN2O8. The van der Waals surface area contributed by atoms with Gasteiger partial charge in [-0.05, 0) is 94.2 Å². The highest BCUT2D eigenvalue weighted by molar-refractivity contribution is 9.10.